The lowest BCUT2D eigenvalue weighted by Gasteiger charge is -1.93. The van der Waals surface area contributed by atoms with E-state index in [1.54, 1.807) is 11.9 Å². The van der Waals surface area contributed by atoms with Crippen molar-refractivity contribution in [1.82, 2.24) is 8.96 Å². The Bertz CT molecular complexity index is 696. The molecule has 0 amide bonds. The van der Waals surface area contributed by atoms with E-state index in [4.69, 9.17) is 4.42 Å². The van der Waals surface area contributed by atoms with E-state index in [-0.39, 0.29) is 0 Å². The third-order valence-electron chi connectivity index (χ3n) is 3.37. The third kappa shape index (κ3) is 2.14. The van der Waals surface area contributed by atoms with Gasteiger partial charge in [-0.1, -0.05) is 12.1 Å². The van der Waals surface area contributed by atoms with E-state index in [9.17, 15) is 0 Å². The van der Waals surface area contributed by atoms with Crippen LogP contribution in [0, 0.1) is 13.8 Å². The van der Waals surface area contributed by atoms with Crippen molar-refractivity contribution in [1.29, 1.82) is 0 Å². The van der Waals surface area contributed by atoms with Crippen molar-refractivity contribution >= 4 is 23.0 Å². The number of nitrogens with zero attached hydrogens (tertiary/aromatic N) is 3. The van der Waals surface area contributed by atoms with Crippen molar-refractivity contribution in [3.8, 4) is 0 Å². The van der Waals surface area contributed by atoms with Crippen LogP contribution in [-0.4, -0.2) is 15.2 Å². The standard InChI is InChI=1S/C14H16N3OS/c1-10-11(2)17(19-3)9-16(10)8-14-15-12-6-4-5-7-13(12)18-14/h4-7,9H,8H2,1-3H3/q+1. The van der Waals surface area contributed by atoms with Crippen LogP contribution in [0.15, 0.2) is 35.0 Å². The van der Waals surface area contributed by atoms with Crippen molar-refractivity contribution in [2.75, 3.05) is 6.26 Å². The molecule has 2 aromatic heterocycles. The quantitative estimate of drug-likeness (QED) is 0.689. The van der Waals surface area contributed by atoms with Crippen LogP contribution in [0.2, 0.25) is 0 Å². The molecule has 0 radical (unpaired) electrons. The molecule has 0 aliphatic heterocycles. The van der Waals surface area contributed by atoms with E-state index in [1.807, 2.05) is 24.3 Å². The molecule has 3 aromatic rings. The lowest BCUT2D eigenvalue weighted by atomic mass is 10.3. The zero-order valence-corrected chi connectivity index (χ0v) is 12.1. The summed E-state index contributed by atoms with van der Waals surface area (Å²) < 4.78 is 10.1. The Morgan fingerprint density at radius 1 is 1.32 bits per heavy atom. The van der Waals surface area contributed by atoms with Gasteiger partial charge in [-0.3, -0.25) is 0 Å². The predicted octanol–water partition coefficient (Wildman–Crippen LogP) is 2.71. The highest BCUT2D eigenvalue weighted by Gasteiger charge is 2.18. The summed E-state index contributed by atoms with van der Waals surface area (Å²) in [4.78, 5) is 4.51. The zero-order valence-electron chi connectivity index (χ0n) is 11.3. The number of benzene rings is 1. The maximum absolute atomic E-state index is 5.76. The summed E-state index contributed by atoms with van der Waals surface area (Å²) in [5, 5.41) is 0. The molecule has 0 fully saturated rings. The van der Waals surface area contributed by atoms with Crippen LogP contribution in [0.1, 0.15) is 17.3 Å². The molecule has 0 aliphatic rings. The van der Waals surface area contributed by atoms with Gasteiger partial charge in [0, 0.05) is 20.1 Å². The molecule has 0 N–H and O–H groups in total. The largest absolute Gasteiger partial charge is 0.437 e. The first-order valence-electron chi connectivity index (χ1n) is 6.16. The number of fused-ring (bicyclic) bond motifs is 1. The minimum atomic E-state index is 0.662. The van der Waals surface area contributed by atoms with Crippen LogP contribution in [0.3, 0.4) is 0 Å². The van der Waals surface area contributed by atoms with E-state index in [1.165, 1.54) is 11.4 Å². The molecule has 98 valence electrons. The first kappa shape index (κ1) is 12.3. The van der Waals surface area contributed by atoms with Crippen molar-refractivity contribution in [3.05, 3.63) is 47.9 Å². The van der Waals surface area contributed by atoms with Crippen LogP contribution in [0.4, 0.5) is 0 Å². The Kier molecular flexibility index (Phi) is 3.06. The Morgan fingerprint density at radius 2 is 2.11 bits per heavy atom. The maximum Gasteiger partial charge on any atom is 0.256 e. The van der Waals surface area contributed by atoms with Gasteiger partial charge in [0.2, 0.25) is 5.89 Å². The van der Waals surface area contributed by atoms with Gasteiger partial charge in [0.15, 0.2) is 17.8 Å². The fourth-order valence-electron chi connectivity index (χ4n) is 2.14. The molecule has 0 spiro atoms. The monoisotopic (exact) mass is 274 g/mol. The summed E-state index contributed by atoms with van der Waals surface area (Å²) in [6.45, 7) is 4.90. The summed E-state index contributed by atoms with van der Waals surface area (Å²) >= 11 is 1.69. The molecule has 0 saturated carbocycles. The van der Waals surface area contributed by atoms with Crippen LogP contribution < -0.4 is 4.57 Å². The molecule has 0 aliphatic carbocycles. The average Bonchev–Trinajstić information content (AvgIpc) is 2.94. The second-order valence-electron chi connectivity index (χ2n) is 4.50. The molecule has 0 bridgehead atoms. The Balaban J connectivity index is 1.96. The Labute approximate surface area is 116 Å². The predicted molar refractivity (Wildman–Crippen MR) is 76.1 cm³/mol. The van der Waals surface area contributed by atoms with E-state index < -0.39 is 0 Å². The minimum absolute atomic E-state index is 0.662. The van der Waals surface area contributed by atoms with Gasteiger partial charge in [-0.2, -0.15) is 3.97 Å². The van der Waals surface area contributed by atoms with Crippen molar-refractivity contribution in [3.63, 3.8) is 0 Å². The molecule has 2 heterocycles. The molecular weight excluding hydrogens is 258 g/mol. The highest BCUT2D eigenvalue weighted by molar-refractivity contribution is 7.97. The smallest absolute Gasteiger partial charge is 0.256 e. The van der Waals surface area contributed by atoms with Crippen molar-refractivity contribution < 1.29 is 8.98 Å². The summed E-state index contributed by atoms with van der Waals surface area (Å²) in [6, 6.07) is 7.85. The van der Waals surface area contributed by atoms with Crippen LogP contribution in [0.25, 0.3) is 11.1 Å². The number of aromatic nitrogens is 3. The van der Waals surface area contributed by atoms with Gasteiger partial charge in [-0.25, -0.2) is 9.55 Å². The molecule has 1 aromatic carbocycles. The summed E-state index contributed by atoms with van der Waals surface area (Å²) in [5.41, 5.74) is 4.24. The highest BCUT2D eigenvalue weighted by Crippen LogP contribution is 2.15. The number of para-hydroxylation sites is 2. The topological polar surface area (TPSA) is 34.8 Å². The first-order valence-corrected chi connectivity index (χ1v) is 7.34. The molecule has 0 atom stereocenters. The van der Waals surface area contributed by atoms with Gasteiger partial charge in [-0.05, 0) is 12.1 Å². The molecule has 5 heteroatoms. The van der Waals surface area contributed by atoms with E-state index in [2.05, 4.69) is 40.0 Å². The van der Waals surface area contributed by atoms with Gasteiger partial charge in [0.1, 0.15) is 11.2 Å². The maximum atomic E-state index is 5.76. The van der Waals surface area contributed by atoms with Gasteiger partial charge in [0.25, 0.3) is 6.33 Å². The summed E-state index contributed by atoms with van der Waals surface area (Å²) in [5.74, 6) is 0.743. The molecule has 19 heavy (non-hydrogen) atoms. The van der Waals surface area contributed by atoms with Gasteiger partial charge < -0.3 is 4.42 Å². The lowest BCUT2D eigenvalue weighted by molar-refractivity contribution is -0.695. The fourth-order valence-corrected chi connectivity index (χ4v) is 2.76. The Hall–Kier alpha value is -1.75. The summed E-state index contributed by atoms with van der Waals surface area (Å²) in [7, 11) is 0. The molecular formula is C14H16N3OS+. The molecule has 3 rings (SSSR count). The van der Waals surface area contributed by atoms with Crippen molar-refractivity contribution in [2.45, 2.75) is 20.4 Å². The Morgan fingerprint density at radius 3 is 2.79 bits per heavy atom. The number of hydrogen-bond acceptors (Lipinski definition) is 3. The normalized spacial score (nSPS) is 11.3. The second-order valence-corrected chi connectivity index (χ2v) is 5.26. The van der Waals surface area contributed by atoms with Crippen LogP contribution in [0.5, 0.6) is 0 Å². The van der Waals surface area contributed by atoms with Crippen molar-refractivity contribution in [2.24, 2.45) is 0 Å². The molecule has 0 unspecified atom stereocenters. The second kappa shape index (κ2) is 4.74. The van der Waals surface area contributed by atoms with E-state index in [0.717, 1.165) is 17.0 Å². The molecule has 0 saturated heterocycles. The SMILES string of the molecule is CSn1c[n+](Cc2nc3ccccc3o2)c(C)c1C. The van der Waals surface area contributed by atoms with E-state index >= 15 is 0 Å². The number of rotatable bonds is 3. The third-order valence-corrected chi connectivity index (χ3v) is 4.13. The average molecular weight is 274 g/mol. The number of oxazole rings is 1. The highest BCUT2D eigenvalue weighted by atomic mass is 32.2. The van der Waals surface area contributed by atoms with Crippen LogP contribution in [-0.2, 0) is 6.54 Å². The fraction of sp³-hybridized carbons (Fsp3) is 0.286. The minimum Gasteiger partial charge on any atom is -0.437 e. The number of hydrogen-bond donors (Lipinski definition) is 0. The first-order chi connectivity index (χ1) is 9.19. The zero-order chi connectivity index (χ0) is 13.4. The van der Waals surface area contributed by atoms with Gasteiger partial charge in [-0.15, -0.1) is 0 Å². The number of imidazole rings is 1. The van der Waals surface area contributed by atoms with Gasteiger partial charge >= 0.3 is 0 Å². The van der Waals surface area contributed by atoms with Gasteiger partial charge in [0.05, 0.1) is 11.9 Å². The van der Waals surface area contributed by atoms with E-state index in [0.29, 0.717) is 6.54 Å². The van der Waals surface area contributed by atoms with Crippen LogP contribution >= 0.6 is 11.9 Å². The lowest BCUT2D eigenvalue weighted by Crippen LogP contribution is -2.35. The summed E-state index contributed by atoms with van der Waals surface area (Å²) in [6.07, 6.45) is 4.15. The molecule has 4 nitrogen and oxygen atoms in total.